The van der Waals surface area contributed by atoms with Crippen LogP contribution in [0.25, 0.3) is 23.3 Å². The van der Waals surface area contributed by atoms with Crippen molar-refractivity contribution in [2.75, 3.05) is 14.2 Å². The summed E-state index contributed by atoms with van der Waals surface area (Å²) < 4.78 is 14.5. The predicted octanol–water partition coefficient (Wildman–Crippen LogP) is 2.03. The van der Waals surface area contributed by atoms with Crippen molar-refractivity contribution in [2.45, 2.75) is 26.9 Å². The number of methoxy groups -OCH3 is 2. The molecule has 0 bridgehead atoms. The number of aryl methyl sites for hydroxylation is 2. The van der Waals surface area contributed by atoms with E-state index < -0.39 is 16.2 Å². The number of benzene rings is 1. The zero-order chi connectivity index (χ0) is 22.9. The molecule has 2 aromatic heterocycles. The Kier molecular flexibility index (Phi) is 5.95. The fourth-order valence-corrected chi connectivity index (χ4v) is 3.43. The van der Waals surface area contributed by atoms with E-state index in [9.17, 15) is 19.7 Å². The van der Waals surface area contributed by atoms with E-state index in [1.165, 1.54) is 37.0 Å². The Morgan fingerprint density at radius 1 is 1.06 bits per heavy atom. The third-order valence-electron chi connectivity index (χ3n) is 5.05. The Balaban J connectivity index is 2.22. The molecule has 0 saturated heterocycles. The molecule has 0 fully saturated rings. The topological polar surface area (TPSA) is 123 Å². The molecular weight excluding hydrogens is 406 g/mol. The van der Waals surface area contributed by atoms with Gasteiger partial charge >= 0.3 is 5.69 Å². The van der Waals surface area contributed by atoms with Crippen molar-refractivity contribution in [1.82, 2.24) is 18.7 Å². The molecule has 0 radical (unpaired) electrons. The third-order valence-corrected chi connectivity index (χ3v) is 5.05. The highest BCUT2D eigenvalue weighted by atomic mass is 16.6. The van der Waals surface area contributed by atoms with E-state index in [-0.39, 0.29) is 34.7 Å². The number of fused-ring (bicyclic) bond motifs is 1. The average Bonchev–Trinajstić information content (AvgIpc) is 3.08. The molecule has 0 aliphatic heterocycles. The molecular formula is C20H23N5O6. The second kappa shape index (κ2) is 8.46. The summed E-state index contributed by atoms with van der Waals surface area (Å²) in [6, 6.07) is 2.77. The second-order valence-electron chi connectivity index (χ2n) is 6.63. The van der Waals surface area contributed by atoms with Gasteiger partial charge in [0, 0.05) is 20.1 Å². The minimum Gasteiger partial charge on any atom is -0.493 e. The fraction of sp³-hybridized carbons (Fsp3) is 0.350. The van der Waals surface area contributed by atoms with Crippen molar-refractivity contribution in [1.29, 1.82) is 0 Å². The van der Waals surface area contributed by atoms with Gasteiger partial charge in [0.2, 0.25) is 0 Å². The molecule has 0 atom stereocenters. The summed E-state index contributed by atoms with van der Waals surface area (Å²) >= 11 is 0. The van der Waals surface area contributed by atoms with Crippen molar-refractivity contribution >= 4 is 29.0 Å². The summed E-state index contributed by atoms with van der Waals surface area (Å²) in [5.41, 5.74) is -0.207. The molecule has 11 nitrogen and oxygen atoms in total. The van der Waals surface area contributed by atoms with Crippen molar-refractivity contribution in [3.05, 3.63) is 54.5 Å². The second-order valence-corrected chi connectivity index (χ2v) is 6.63. The quantitative estimate of drug-likeness (QED) is 0.416. The zero-order valence-corrected chi connectivity index (χ0v) is 17.9. The first-order chi connectivity index (χ1) is 14.8. The lowest BCUT2D eigenvalue weighted by atomic mass is 10.1. The number of nitrogens with zero attached hydrogens (tertiary/aromatic N) is 5. The minimum atomic E-state index is -0.523. The average molecular weight is 429 g/mol. The van der Waals surface area contributed by atoms with Crippen LogP contribution >= 0.6 is 0 Å². The largest absolute Gasteiger partial charge is 0.493 e. The number of nitro groups is 1. The van der Waals surface area contributed by atoms with E-state index in [0.29, 0.717) is 18.1 Å². The Morgan fingerprint density at radius 2 is 1.68 bits per heavy atom. The molecule has 0 aliphatic carbocycles. The molecule has 0 saturated carbocycles. The minimum absolute atomic E-state index is 0.175. The number of rotatable bonds is 7. The third kappa shape index (κ3) is 3.58. The molecule has 3 rings (SSSR count). The number of nitro benzene ring substituents is 1. The van der Waals surface area contributed by atoms with Gasteiger partial charge in [0.1, 0.15) is 5.82 Å². The van der Waals surface area contributed by atoms with Gasteiger partial charge in [-0.25, -0.2) is 9.78 Å². The summed E-state index contributed by atoms with van der Waals surface area (Å²) in [6.45, 7) is 4.10. The Morgan fingerprint density at radius 3 is 2.23 bits per heavy atom. The van der Waals surface area contributed by atoms with E-state index in [1.807, 2.05) is 0 Å². The van der Waals surface area contributed by atoms with Gasteiger partial charge in [0.05, 0.1) is 30.8 Å². The summed E-state index contributed by atoms with van der Waals surface area (Å²) in [5, 5.41) is 11.5. The number of hydrogen-bond acceptors (Lipinski definition) is 7. The van der Waals surface area contributed by atoms with Crippen LogP contribution in [0.4, 0.5) is 5.69 Å². The van der Waals surface area contributed by atoms with Gasteiger partial charge in [-0.2, -0.15) is 0 Å². The van der Waals surface area contributed by atoms with Crippen LogP contribution in [-0.4, -0.2) is 37.8 Å². The Hall–Kier alpha value is -3.89. The van der Waals surface area contributed by atoms with Crippen LogP contribution in [0.15, 0.2) is 21.7 Å². The number of ether oxygens (including phenoxy) is 2. The van der Waals surface area contributed by atoms with Crippen LogP contribution in [0.1, 0.15) is 25.2 Å². The van der Waals surface area contributed by atoms with Crippen molar-refractivity contribution in [3.63, 3.8) is 0 Å². The van der Waals surface area contributed by atoms with E-state index >= 15 is 0 Å². The molecule has 0 unspecified atom stereocenters. The summed E-state index contributed by atoms with van der Waals surface area (Å²) in [4.78, 5) is 40.8. The summed E-state index contributed by atoms with van der Waals surface area (Å²) in [5.74, 6) is 0.941. The SMILES string of the molecule is CCn1c(=O)c2c(nc(/C=C/c3cc(OC)c(OC)cc3[N+](=O)[O-])n2C)n(CC)c1=O. The lowest BCUT2D eigenvalue weighted by Gasteiger charge is -2.08. The fourth-order valence-electron chi connectivity index (χ4n) is 3.43. The normalized spacial score (nSPS) is 11.4. The van der Waals surface area contributed by atoms with Crippen molar-refractivity contribution in [2.24, 2.45) is 7.05 Å². The number of aromatic nitrogens is 4. The van der Waals surface area contributed by atoms with Gasteiger partial charge in [-0.05, 0) is 32.1 Å². The maximum Gasteiger partial charge on any atom is 0.332 e. The van der Waals surface area contributed by atoms with Crippen LogP contribution in [0, 0.1) is 10.1 Å². The van der Waals surface area contributed by atoms with Gasteiger partial charge in [-0.15, -0.1) is 0 Å². The van der Waals surface area contributed by atoms with Gasteiger partial charge in [-0.3, -0.25) is 24.0 Å². The van der Waals surface area contributed by atoms with Crippen LogP contribution in [0.2, 0.25) is 0 Å². The molecule has 1 aromatic carbocycles. The highest BCUT2D eigenvalue weighted by molar-refractivity contribution is 5.79. The highest BCUT2D eigenvalue weighted by Gasteiger charge is 2.20. The molecule has 31 heavy (non-hydrogen) atoms. The summed E-state index contributed by atoms with van der Waals surface area (Å²) in [6.07, 6.45) is 3.06. The maximum atomic E-state index is 12.8. The lowest BCUT2D eigenvalue weighted by molar-refractivity contribution is -0.385. The van der Waals surface area contributed by atoms with E-state index in [4.69, 9.17) is 9.47 Å². The van der Waals surface area contributed by atoms with Crippen LogP contribution in [0.5, 0.6) is 11.5 Å². The smallest absolute Gasteiger partial charge is 0.332 e. The molecule has 0 aliphatic rings. The standard InChI is InChI=1S/C20H23N5O6/c1-6-23-18-17(19(26)24(7-2)20(23)27)22(3)16(21-18)9-8-12-10-14(30-4)15(31-5)11-13(12)25(28)29/h8-11H,6-7H2,1-5H3/b9-8+. The number of imidazole rings is 1. The van der Waals surface area contributed by atoms with Gasteiger partial charge in [0.15, 0.2) is 22.7 Å². The van der Waals surface area contributed by atoms with Crippen LogP contribution < -0.4 is 20.7 Å². The molecule has 11 heteroatoms. The van der Waals surface area contributed by atoms with Crippen LogP contribution in [-0.2, 0) is 20.1 Å². The van der Waals surface area contributed by atoms with Crippen molar-refractivity contribution < 1.29 is 14.4 Å². The molecule has 164 valence electrons. The molecule has 2 heterocycles. The van der Waals surface area contributed by atoms with Gasteiger partial charge in [0.25, 0.3) is 11.2 Å². The van der Waals surface area contributed by atoms with E-state index in [1.54, 1.807) is 31.5 Å². The van der Waals surface area contributed by atoms with Crippen molar-refractivity contribution in [3.8, 4) is 11.5 Å². The summed E-state index contributed by atoms with van der Waals surface area (Å²) in [7, 11) is 4.49. The maximum absolute atomic E-state index is 12.8. The lowest BCUT2D eigenvalue weighted by Crippen LogP contribution is -2.39. The molecule has 0 amide bonds. The molecule has 0 N–H and O–H groups in total. The predicted molar refractivity (Wildman–Crippen MR) is 116 cm³/mol. The first kappa shape index (κ1) is 21.8. The first-order valence-electron chi connectivity index (χ1n) is 9.57. The zero-order valence-electron chi connectivity index (χ0n) is 17.9. The van der Waals surface area contributed by atoms with Gasteiger partial charge < -0.3 is 14.0 Å². The van der Waals surface area contributed by atoms with Crippen LogP contribution in [0.3, 0.4) is 0 Å². The molecule has 0 spiro atoms. The Bertz CT molecular complexity index is 1310. The highest BCUT2D eigenvalue weighted by Crippen LogP contribution is 2.35. The molecule has 3 aromatic rings. The monoisotopic (exact) mass is 429 g/mol. The van der Waals surface area contributed by atoms with E-state index in [2.05, 4.69) is 4.98 Å². The van der Waals surface area contributed by atoms with E-state index in [0.717, 1.165) is 4.57 Å². The first-order valence-corrected chi connectivity index (χ1v) is 9.57. The van der Waals surface area contributed by atoms with Gasteiger partial charge in [-0.1, -0.05) is 0 Å². The number of hydrogen-bond donors (Lipinski definition) is 0. The Labute approximate surface area is 176 Å².